The molecule has 0 spiro atoms. The minimum Gasteiger partial charge on any atom is -0.489 e. The summed E-state index contributed by atoms with van der Waals surface area (Å²) in [7, 11) is 0. The summed E-state index contributed by atoms with van der Waals surface area (Å²) in [5.41, 5.74) is 2.58. The molecule has 1 aromatic heterocycles. The van der Waals surface area contributed by atoms with E-state index in [2.05, 4.69) is 10.2 Å². The van der Waals surface area contributed by atoms with Crippen LogP contribution in [-0.2, 0) is 6.61 Å². The van der Waals surface area contributed by atoms with E-state index in [0.29, 0.717) is 28.4 Å². The lowest BCUT2D eigenvalue weighted by atomic mass is 10.1. The minimum absolute atomic E-state index is 0.285. The normalized spacial score (nSPS) is 11.8. The second-order valence-electron chi connectivity index (χ2n) is 7.28. The van der Waals surface area contributed by atoms with E-state index in [1.165, 1.54) is 11.8 Å². The molecule has 0 unspecified atom stereocenters. The van der Waals surface area contributed by atoms with E-state index in [0.717, 1.165) is 16.8 Å². The van der Waals surface area contributed by atoms with E-state index in [1.54, 1.807) is 12.1 Å². The van der Waals surface area contributed by atoms with Gasteiger partial charge in [-0.3, -0.25) is 14.7 Å². The number of hydrogen-bond acceptors (Lipinski definition) is 6. The van der Waals surface area contributed by atoms with E-state index in [9.17, 15) is 10.1 Å². The maximum absolute atomic E-state index is 11.6. The monoisotopic (exact) mass is 480 g/mol. The molecule has 3 aromatic carbocycles. The first-order chi connectivity index (χ1) is 16.0. The zero-order valence-electron chi connectivity index (χ0n) is 17.8. The Morgan fingerprint density at radius 1 is 1.03 bits per heavy atom. The Balaban J connectivity index is 1.63. The van der Waals surface area contributed by atoms with Crippen molar-refractivity contribution >= 4 is 23.4 Å². The Morgan fingerprint density at radius 2 is 1.73 bits per heavy atom. The summed E-state index contributed by atoms with van der Waals surface area (Å²) in [6.45, 7) is 1.89. The van der Waals surface area contributed by atoms with Crippen LogP contribution in [-0.4, -0.2) is 26.2 Å². The van der Waals surface area contributed by atoms with Gasteiger partial charge in [0.25, 0.3) is 0 Å². The second-order valence-corrected chi connectivity index (χ2v) is 8.88. The van der Waals surface area contributed by atoms with E-state index >= 15 is 0 Å². The molecule has 0 aliphatic heterocycles. The highest BCUT2D eigenvalue weighted by molar-refractivity contribution is 7.99. The van der Waals surface area contributed by atoms with Crippen LogP contribution < -0.4 is 4.74 Å². The molecule has 0 amide bonds. The number of halogens is 1. The first-order valence-corrected chi connectivity index (χ1v) is 11.5. The van der Waals surface area contributed by atoms with Crippen LogP contribution in [0.1, 0.15) is 22.2 Å². The summed E-state index contributed by atoms with van der Waals surface area (Å²) in [5.74, 6) is 1.30. The van der Waals surface area contributed by atoms with Crippen molar-refractivity contribution in [1.29, 1.82) is 0 Å². The molecule has 0 saturated heterocycles. The summed E-state index contributed by atoms with van der Waals surface area (Å²) in [5, 5.41) is 20.8. The van der Waals surface area contributed by atoms with Crippen molar-refractivity contribution in [3.8, 4) is 11.4 Å². The SMILES string of the molecule is Cc1nnc(S[C@@H](C[N+](=O)[O-])c2ccccc2OCc2ccc(Cl)cc2)n1-c1ccccc1. The van der Waals surface area contributed by atoms with Crippen LogP contribution in [0.15, 0.2) is 84.0 Å². The standard InChI is InChI=1S/C24H21ClN4O3S/c1-17-26-27-24(29(17)20-7-3-2-4-8-20)33-23(15-28(30)31)21-9-5-6-10-22(21)32-16-18-11-13-19(25)14-12-18/h2-14,23H,15-16H2,1H3/t23-/m0/s1. The Bertz CT molecular complexity index is 1230. The van der Waals surface area contributed by atoms with Gasteiger partial charge in [-0.05, 0) is 42.8 Å². The zero-order chi connectivity index (χ0) is 23.2. The first-order valence-electron chi connectivity index (χ1n) is 10.2. The number of para-hydroxylation sites is 2. The molecule has 0 fully saturated rings. The molecule has 168 valence electrons. The van der Waals surface area contributed by atoms with Crippen molar-refractivity contribution in [3.05, 3.63) is 111 Å². The smallest absolute Gasteiger partial charge is 0.220 e. The summed E-state index contributed by atoms with van der Waals surface area (Å²) in [6.07, 6.45) is 0. The Morgan fingerprint density at radius 3 is 2.45 bits per heavy atom. The minimum atomic E-state index is -0.521. The lowest BCUT2D eigenvalue weighted by Crippen LogP contribution is -2.12. The van der Waals surface area contributed by atoms with Gasteiger partial charge in [0.15, 0.2) is 5.16 Å². The topological polar surface area (TPSA) is 83.1 Å². The molecule has 4 rings (SSSR count). The molecule has 9 heteroatoms. The highest BCUT2D eigenvalue weighted by Crippen LogP contribution is 2.40. The fourth-order valence-electron chi connectivity index (χ4n) is 3.38. The molecule has 0 saturated carbocycles. The third-order valence-electron chi connectivity index (χ3n) is 4.95. The molecular formula is C24H21ClN4O3S. The van der Waals surface area contributed by atoms with Crippen LogP contribution in [0, 0.1) is 17.0 Å². The Hall–Kier alpha value is -3.36. The zero-order valence-corrected chi connectivity index (χ0v) is 19.4. The maximum Gasteiger partial charge on any atom is 0.220 e. The van der Waals surface area contributed by atoms with Crippen molar-refractivity contribution in [2.45, 2.75) is 23.9 Å². The number of ether oxygens (including phenoxy) is 1. The number of hydrogen-bond donors (Lipinski definition) is 0. The van der Waals surface area contributed by atoms with Crippen molar-refractivity contribution in [3.63, 3.8) is 0 Å². The first kappa shape index (κ1) is 22.8. The quantitative estimate of drug-likeness (QED) is 0.168. The molecule has 0 aliphatic carbocycles. The van der Waals surface area contributed by atoms with Crippen molar-refractivity contribution in [2.75, 3.05) is 6.54 Å². The summed E-state index contributed by atoms with van der Waals surface area (Å²) >= 11 is 7.26. The number of thioether (sulfide) groups is 1. The van der Waals surface area contributed by atoms with Crippen molar-refractivity contribution in [1.82, 2.24) is 14.8 Å². The van der Waals surface area contributed by atoms with Gasteiger partial charge in [-0.25, -0.2) is 0 Å². The molecule has 4 aromatic rings. The number of nitrogens with zero attached hydrogens (tertiary/aromatic N) is 4. The van der Waals surface area contributed by atoms with Crippen LogP contribution in [0.25, 0.3) is 5.69 Å². The predicted octanol–water partition coefficient (Wildman–Crippen LogP) is 5.92. The van der Waals surface area contributed by atoms with Crippen molar-refractivity contribution < 1.29 is 9.66 Å². The molecule has 0 N–H and O–H groups in total. The van der Waals surface area contributed by atoms with Crippen LogP contribution in [0.5, 0.6) is 5.75 Å². The third-order valence-corrected chi connectivity index (χ3v) is 6.36. The van der Waals surface area contributed by atoms with Gasteiger partial charge in [0, 0.05) is 21.2 Å². The molecule has 33 heavy (non-hydrogen) atoms. The molecule has 0 radical (unpaired) electrons. The highest BCUT2D eigenvalue weighted by Gasteiger charge is 2.26. The summed E-state index contributed by atoms with van der Waals surface area (Å²) < 4.78 is 7.96. The fourth-order valence-corrected chi connectivity index (χ4v) is 4.70. The molecule has 0 aliphatic rings. The fraction of sp³-hybridized carbons (Fsp3) is 0.167. The molecule has 0 bridgehead atoms. The van der Waals surface area contributed by atoms with Gasteiger partial charge in [0.1, 0.15) is 23.4 Å². The summed E-state index contributed by atoms with van der Waals surface area (Å²) in [4.78, 5) is 11.2. The molecule has 1 heterocycles. The predicted molar refractivity (Wildman–Crippen MR) is 129 cm³/mol. The lowest BCUT2D eigenvalue weighted by Gasteiger charge is -2.18. The number of aryl methyl sites for hydroxylation is 1. The number of aromatic nitrogens is 3. The van der Waals surface area contributed by atoms with Crippen LogP contribution in [0.4, 0.5) is 0 Å². The number of benzene rings is 3. The van der Waals surface area contributed by atoms with Gasteiger partial charge < -0.3 is 4.74 Å². The molecule has 7 nitrogen and oxygen atoms in total. The third kappa shape index (κ3) is 5.71. The summed E-state index contributed by atoms with van der Waals surface area (Å²) in [6, 6.07) is 24.5. The van der Waals surface area contributed by atoms with Gasteiger partial charge in [-0.15, -0.1) is 10.2 Å². The van der Waals surface area contributed by atoms with E-state index < -0.39 is 5.25 Å². The van der Waals surface area contributed by atoms with E-state index in [-0.39, 0.29) is 11.5 Å². The van der Waals surface area contributed by atoms with Crippen LogP contribution in [0.2, 0.25) is 5.02 Å². The van der Waals surface area contributed by atoms with Crippen molar-refractivity contribution in [2.24, 2.45) is 0 Å². The molecule has 1 atom stereocenters. The Kier molecular flexibility index (Phi) is 7.26. The van der Waals surface area contributed by atoms with Gasteiger partial charge in [0.2, 0.25) is 6.54 Å². The number of rotatable bonds is 9. The van der Waals surface area contributed by atoms with Crippen LogP contribution in [0.3, 0.4) is 0 Å². The Labute approximate surface area is 200 Å². The number of nitro groups is 1. The average Bonchev–Trinajstić information content (AvgIpc) is 3.18. The largest absolute Gasteiger partial charge is 0.489 e. The highest BCUT2D eigenvalue weighted by atomic mass is 35.5. The molecular weight excluding hydrogens is 460 g/mol. The lowest BCUT2D eigenvalue weighted by molar-refractivity contribution is -0.479. The van der Waals surface area contributed by atoms with Gasteiger partial charge in [0.05, 0.1) is 0 Å². The average molecular weight is 481 g/mol. The van der Waals surface area contributed by atoms with Gasteiger partial charge >= 0.3 is 0 Å². The second kappa shape index (κ2) is 10.5. The van der Waals surface area contributed by atoms with Gasteiger partial charge in [-0.2, -0.15) is 0 Å². The van der Waals surface area contributed by atoms with E-state index in [1.807, 2.05) is 78.2 Å². The van der Waals surface area contributed by atoms with Crippen LogP contribution >= 0.6 is 23.4 Å². The maximum atomic E-state index is 11.6. The van der Waals surface area contributed by atoms with Gasteiger partial charge in [-0.1, -0.05) is 71.9 Å². The van der Waals surface area contributed by atoms with E-state index in [4.69, 9.17) is 16.3 Å².